The molecule has 0 spiro atoms. The summed E-state index contributed by atoms with van der Waals surface area (Å²) in [6, 6.07) is 0.448. The number of ether oxygens (including phenoxy) is 2. The highest BCUT2D eigenvalue weighted by Crippen LogP contribution is 2.25. The smallest absolute Gasteiger partial charge is 0.407 e. The third kappa shape index (κ3) is 8.39. The number of carbonyl (C=O) groups is 1. The molecule has 1 amide bonds. The maximum Gasteiger partial charge on any atom is 0.407 e. The van der Waals surface area contributed by atoms with Gasteiger partial charge in [0, 0.05) is 19.1 Å². The van der Waals surface area contributed by atoms with Gasteiger partial charge in [0.2, 0.25) is 0 Å². The van der Waals surface area contributed by atoms with Crippen LogP contribution in [-0.2, 0) is 9.47 Å². The summed E-state index contributed by atoms with van der Waals surface area (Å²) in [5.41, 5.74) is 0.596. The summed E-state index contributed by atoms with van der Waals surface area (Å²) in [5.74, 6) is 0.466. The van der Waals surface area contributed by atoms with Crippen molar-refractivity contribution in [1.82, 2.24) is 10.6 Å². The second-order valence-corrected chi connectivity index (χ2v) is 7.14. The van der Waals surface area contributed by atoms with Gasteiger partial charge < -0.3 is 20.1 Å². The predicted molar refractivity (Wildman–Crippen MR) is 89.0 cm³/mol. The summed E-state index contributed by atoms with van der Waals surface area (Å²) >= 11 is 0. The molecule has 0 heterocycles. The highest BCUT2D eigenvalue weighted by atomic mass is 16.6. The van der Waals surface area contributed by atoms with Crippen LogP contribution in [0.4, 0.5) is 4.79 Å². The monoisotopic (exact) mass is 312 g/mol. The van der Waals surface area contributed by atoms with E-state index in [1.807, 2.05) is 27.7 Å². The molecule has 1 aliphatic rings. The average molecular weight is 312 g/mol. The van der Waals surface area contributed by atoms with Crippen LogP contribution in [-0.4, -0.2) is 44.0 Å². The van der Waals surface area contributed by atoms with Gasteiger partial charge in [-0.25, -0.2) is 4.79 Å². The molecule has 2 unspecified atom stereocenters. The molecule has 5 nitrogen and oxygen atoms in total. The number of amides is 1. The van der Waals surface area contributed by atoms with Gasteiger partial charge in [0.15, 0.2) is 0 Å². The Kier molecular flexibility index (Phi) is 7.90. The summed E-state index contributed by atoms with van der Waals surface area (Å²) in [6.45, 7) is 14.2. The summed E-state index contributed by atoms with van der Waals surface area (Å²) in [4.78, 5) is 11.7. The van der Waals surface area contributed by atoms with Crippen molar-refractivity contribution in [3.8, 4) is 0 Å². The molecule has 1 fully saturated rings. The summed E-state index contributed by atoms with van der Waals surface area (Å²) < 4.78 is 10.8. The molecule has 0 aromatic heterocycles. The summed E-state index contributed by atoms with van der Waals surface area (Å²) in [6.07, 6.45) is 3.16. The molecular weight excluding hydrogens is 280 g/mol. The highest BCUT2D eigenvalue weighted by molar-refractivity contribution is 5.67. The van der Waals surface area contributed by atoms with Crippen LogP contribution in [0.5, 0.6) is 0 Å². The Bertz CT molecular complexity index is 363. The molecule has 22 heavy (non-hydrogen) atoms. The number of hydrogen-bond donors (Lipinski definition) is 2. The van der Waals surface area contributed by atoms with Gasteiger partial charge in [-0.1, -0.05) is 18.6 Å². The largest absolute Gasteiger partial charge is 0.444 e. The van der Waals surface area contributed by atoms with E-state index in [1.54, 1.807) is 0 Å². The van der Waals surface area contributed by atoms with Crippen molar-refractivity contribution in [3.63, 3.8) is 0 Å². The number of rotatable bonds is 8. The first-order chi connectivity index (χ1) is 10.3. The topological polar surface area (TPSA) is 59.6 Å². The Balaban J connectivity index is 2.20. The average Bonchev–Trinajstić information content (AvgIpc) is 2.81. The fourth-order valence-electron chi connectivity index (χ4n) is 2.64. The van der Waals surface area contributed by atoms with E-state index < -0.39 is 5.60 Å². The van der Waals surface area contributed by atoms with Crippen molar-refractivity contribution in [3.05, 3.63) is 12.2 Å². The SMILES string of the molecule is C=C(C)COCCNC1CCCC1CNC(=O)OC(C)(C)C. The van der Waals surface area contributed by atoms with Crippen molar-refractivity contribution >= 4 is 6.09 Å². The summed E-state index contributed by atoms with van der Waals surface area (Å²) in [7, 11) is 0. The molecule has 128 valence electrons. The van der Waals surface area contributed by atoms with Crippen LogP contribution < -0.4 is 10.6 Å². The lowest BCUT2D eigenvalue weighted by Crippen LogP contribution is -2.41. The van der Waals surface area contributed by atoms with E-state index in [0.29, 0.717) is 31.7 Å². The van der Waals surface area contributed by atoms with Gasteiger partial charge in [-0.05, 0) is 46.5 Å². The Hall–Kier alpha value is -1.07. The van der Waals surface area contributed by atoms with Crippen molar-refractivity contribution in [2.75, 3.05) is 26.3 Å². The number of alkyl carbamates (subject to hydrolysis) is 1. The molecule has 0 bridgehead atoms. The predicted octanol–water partition coefficient (Wildman–Crippen LogP) is 2.86. The first kappa shape index (κ1) is 19.0. The quantitative estimate of drug-likeness (QED) is 0.534. The van der Waals surface area contributed by atoms with Crippen molar-refractivity contribution in [2.45, 2.75) is 58.6 Å². The van der Waals surface area contributed by atoms with Crippen LogP contribution in [0.15, 0.2) is 12.2 Å². The zero-order valence-electron chi connectivity index (χ0n) is 14.5. The van der Waals surface area contributed by atoms with Gasteiger partial charge >= 0.3 is 6.09 Å². The Morgan fingerprint density at radius 1 is 1.32 bits per heavy atom. The third-order valence-corrected chi connectivity index (χ3v) is 3.57. The fourth-order valence-corrected chi connectivity index (χ4v) is 2.64. The van der Waals surface area contributed by atoms with Crippen LogP contribution in [0.2, 0.25) is 0 Å². The standard InChI is InChI=1S/C17H32N2O3/c1-13(2)12-21-10-9-18-15-8-6-7-14(15)11-19-16(20)22-17(3,4)5/h14-15,18H,1,6-12H2,2-5H3,(H,19,20). The molecule has 1 aliphatic carbocycles. The van der Waals surface area contributed by atoms with E-state index >= 15 is 0 Å². The van der Waals surface area contributed by atoms with Crippen LogP contribution >= 0.6 is 0 Å². The van der Waals surface area contributed by atoms with Gasteiger partial charge in [0.1, 0.15) is 5.60 Å². The fraction of sp³-hybridized carbons (Fsp3) is 0.824. The maximum atomic E-state index is 11.7. The molecule has 2 N–H and O–H groups in total. The molecule has 2 atom stereocenters. The first-order valence-electron chi connectivity index (χ1n) is 8.20. The molecule has 0 aromatic rings. The van der Waals surface area contributed by atoms with Crippen LogP contribution in [0, 0.1) is 5.92 Å². The third-order valence-electron chi connectivity index (χ3n) is 3.57. The van der Waals surface area contributed by atoms with E-state index in [2.05, 4.69) is 17.2 Å². The van der Waals surface area contributed by atoms with Gasteiger partial charge in [-0.15, -0.1) is 0 Å². The second kappa shape index (κ2) is 9.16. The molecule has 0 radical (unpaired) electrons. The minimum Gasteiger partial charge on any atom is -0.444 e. The van der Waals surface area contributed by atoms with E-state index in [-0.39, 0.29) is 6.09 Å². The molecule has 5 heteroatoms. The molecule has 1 saturated carbocycles. The number of hydrogen-bond acceptors (Lipinski definition) is 4. The lowest BCUT2D eigenvalue weighted by molar-refractivity contribution is 0.0517. The highest BCUT2D eigenvalue weighted by Gasteiger charge is 2.27. The van der Waals surface area contributed by atoms with Gasteiger partial charge in [0.25, 0.3) is 0 Å². The number of nitrogens with one attached hydrogen (secondary N) is 2. The summed E-state index contributed by atoms with van der Waals surface area (Å²) in [5, 5.41) is 6.41. The molecule has 1 rings (SSSR count). The molecule has 0 saturated heterocycles. The van der Waals surface area contributed by atoms with E-state index in [9.17, 15) is 4.79 Å². The molecule has 0 aromatic carbocycles. The number of carbonyl (C=O) groups excluding carboxylic acids is 1. The van der Waals surface area contributed by atoms with Gasteiger partial charge in [0.05, 0.1) is 13.2 Å². The minimum absolute atomic E-state index is 0.331. The van der Waals surface area contributed by atoms with Gasteiger partial charge in [-0.3, -0.25) is 0 Å². The Morgan fingerprint density at radius 2 is 2.05 bits per heavy atom. The van der Waals surface area contributed by atoms with Crippen LogP contribution in [0.1, 0.15) is 47.0 Å². The maximum absolute atomic E-state index is 11.7. The lowest BCUT2D eigenvalue weighted by atomic mass is 10.0. The van der Waals surface area contributed by atoms with Crippen molar-refractivity contribution < 1.29 is 14.3 Å². The van der Waals surface area contributed by atoms with E-state index in [4.69, 9.17) is 9.47 Å². The van der Waals surface area contributed by atoms with Crippen molar-refractivity contribution in [2.24, 2.45) is 5.92 Å². The van der Waals surface area contributed by atoms with E-state index in [1.165, 1.54) is 6.42 Å². The molecule has 0 aliphatic heterocycles. The molecular formula is C17H32N2O3. The van der Waals surface area contributed by atoms with E-state index in [0.717, 1.165) is 25.0 Å². The van der Waals surface area contributed by atoms with Crippen molar-refractivity contribution in [1.29, 1.82) is 0 Å². The zero-order chi connectivity index (χ0) is 16.6. The van der Waals surface area contributed by atoms with Crippen LogP contribution in [0.25, 0.3) is 0 Å². The Morgan fingerprint density at radius 3 is 2.68 bits per heavy atom. The second-order valence-electron chi connectivity index (χ2n) is 7.14. The lowest BCUT2D eigenvalue weighted by Gasteiger charge is -2.23. The zero-order valence-corrected chi connectivity index (χ0v) is 14.5. The van der Waals surface area contributed by atoms with Gasteiger partial charge in [-0.2, -0.15) is 0 Å². The normalized spacial score (nSPS) is 21.6. The van der Waals surface area contributed by atoms with Crippen LogP contribution in [0.3, 0.4) is 0 Å². The Labute approximate surface area is 134 Å². The first-order valence-corrected chi connectivity index (χ1v) is 8.20. The minimum atomic E-state index is -0.446.